The molecule has 1 aliphatic carbocycles. The van der Waals surface area contributed by atoms with Crippen molar-refractivity contribution in [1.82, 2.24) is 9.88 Å². The first-order valence-electron chi connectivity index (χ1n) is 11.6. The van der Waals surface area contributed by atoms with Gasteiger partial charge in [-0.1, -0.05) is 25.1 Å². The highest BCUT2D eigenvalue weighted by Gasteiger charge is 2.36. The second kappa shape index (κ2) is 9.29. The summed E-state index contributed by atoms with van der Waals surface area (Å²) in [4.78, 5) is 19.0. The Hall–Kier alpha value is -2.67. The third kappa shape index (κ3) is 4.83. The smallest absolute Gasteiger partial charge is 0.227 e. The van der Waals surface area contributed by atoms with Crippen LogP contribution in [0.15, 0.2) is 43.1 Å². The minimum Gasteiger partial charge on any atom is -0.380 e. The van der Waals surface area contributed by atoms with Gasteiger partial charge in [0.1, 0.15) is 0 Å². The van der Waals surface area contributed by atoms with Crippen molar-refractivity contribution < 1.29 is 13.2 Å². The van der Waals surface area contributed by atoms with Gasteiger partial charge in [0.2, 0.25) is 5.91 Å². The second-order valence-corrected chi connectivity index (χ2v) is 11.5. The Labute approximate surface area is 197 Å². The minimum atomic E-state index is -3.11. The number of rotatable bonds is 7. The van der Waals surface area contributed by atoms with E-state index < -0.39 is 21.8 Å². The van der Waals surface area contributed by atoms with Crippen molar-refractivity contribution in [3.63, 3.8) is 0 Å². The molecule has 2 aromatic rings. The quantitative estimate of drug-likeness (QED) is 0.629. The maximum absolute atomic E-state index is 12.9. The Morgan fingerprint density at radius 2 is 2.09 bits per heavy atom. The molecule has 1 N–H and O–H groups in total. The minimum absolute atomic E-state index is 0.0701. The number of amides is 1. The van der Waals surface area contributed by atoms with Crippen LogP contribution in [0.3, 0.4) is 0 Å². The molecule has 0 bridgehead atoms. The summed E-state index contributed by atoms with van der Waals surface area (Å²) in [5.74, 6) is -0.641. The summed E-state index contributed by atoms with van der Waals surface area (Å²) in [6.07, 6.45) is 6.94. The van der Waals surface area contributed by atoms with Crippen molar-refractivity contribution in [2.45, 2.75) is 51.6 Å². The number of carbonyl (C=O) groups is 1. The first-order chi connectivity index (χ1) is 15.7. The fourth-order valence-corrected chi connectivity index (χ4v) is 7.01. The fraction of sp³-hybridized carbons (Fsp3) is 0.462. The zero-order chi connectivity index (χ0) is 23.8. The molecule has 33 heavy (non-hydrogen) atoms. The van der Waals surface area contributed by atoms with Gasteiger partial charge in [-0.3, -0.25) is 9.78 Å². The Morgan fingerprint density at radius 3 is 2.70 bits per heavy atom. The summed E-state index contributed by atoms with van der Waals surface area (Å²) in [7, 11) is -1.42. The molecule has 6 nitrogen and oxygen atoms in total. The van der Waals surface area contributed by atoms with Gasteiger partial charge < -0.3 is 10.2 Å². The molecular formula is C26H33N3O3S. The molecule has 1 fully saturated rings. The van der Waals surface area contributed by atoms with E-state index in [0.717, 1.165) is 24.9 Å². The lowest BCUT2D eigenvalue weighted by Gasteiger charge is -2.27. The lowest BCUT2D eigenvalue weighted by molar-refractivity contribution is -0.134. The number of aromatic nitrogens is 1. The first-order valence-corrected chi connectivity index (χ1v) is 13.5. The maximum Gasteiger partial charge on any atom is 0.227 e. The van der Waals surface area contributed by atoms with Crippen molar-refractivity contribution in [3.8, 4) is 0 Å². The highest BCUT2D eigenvalue weighted by molar-refractivity contribution is 7.91. The van der Waals surface area contributed by atoms with E-state index >= 15 is 0 Å². The number of anilines is 1. The van der Waals surface area contributed by atoms with Crippen molar-refractivity contribution in [2.75, 3.05) is 23.9 Å². The number of likely N-dealkylation sites (N-methyl/N-ethyl adjacent to an activating group) is 1. The molecule has 0 radical (unpaired) electrons. The molecule has 0 saturated carbocycles. The van der Waals surface area contributed by atoms with Crippen LogP contribution in [0.4, 0.5) is 5.69 Å². The van der Waals surface area contributed by atoms with E-state index in [0.29, 0.717) is 18.2 Å². The molecule has 1 aromatic carbocycles. The molecule has 3 atom stereocenters. The van der Waals surface area contributed by atoms with Crippen LogP contribution in [0.5, 0.6) is 0 Å². The SMILES string of the molecule is C=C[C@H](c1ccc(NC2Cc3ccc(C)c(CC)c3C2)cn1)N(C)C(=O)C1CCS(=O)(=O)C1. The molecule has 176 valence electrons. The third-order valence-corrected chi connectivity index (χ3v) is 8.83. The van der Waals surface area contributed by atoms with Crippen LogP contribution in [0.1, 0.15) is 47.3 Å². The normalized spacial score (nSPS) is 21.9. The van der Waals surface area contributed by atoms with Gasteiger partial charge in [0.15, 0.2) is 9.84 Å². The van der Waals surface area contributed by atoms with E-state index in [2.05, 4.69) is 42.9 Å². The van der Waals surface area contributed by atoms with E-state index in [4.69, 9.17) is 0 Å². The van der Waals surface area contributed by atoms with Gasteiger partial charge in [-0.25, -0.2) is 8.42 Å². The van der Waals surface area contributed by atoms with Crippen molar-refractivity contribution in [1.29, 1.82) is 0 Å². The predicted molar refractivity (Wildman–Crippen MR) is 132 cm³/mol. The average molecular weight is 468 g/mol. The first kappa shape index (κ1) is 23.5. The molecule has 7 heteroatoms. The summed E-state index contributed by atoms with van der Waals surface area (Å²) in [5.41, 5.74) is 7.42. The largest absolute Gasteiger partial charge is 0.380 e. The van der Waals surface area contributed by atoms with Gasteiger partial charge in [0, 0.05) is 13.1 Å². The number of pyridine rings is 1. The van der Waals surface area contributed by atoms with Gasteiger partial charge in [-0.15, -0.1) is 6.58 Å². The number of carbonyl (C=O) groups excluding carboxylic acids is 1. The molecule has 1 aromatic heterocycles. The van der Waals surface area contributed by atoms with Gasteiger partial charge in [-0.2, -0.15) is 0 Å². The molecule has 4 rings (SSSR count). The average Bonchev–Trinajstić information content (AvgIpc) is 3.37. The van der Waals surface area contributed by atoms with Gasteiger partial charge in [0.05, 0.1) is 41.0 Å². The summed E-state index contributed by atoms with van der Waals surface area (Å²) < 4.78 is 23.5. The van der Waals surface area contributed by atoms with Crippen LogP contribution >= 0.6 is 0 Å². The Balaban J connectivity index is 1.42. The topological polar surface area (TPSA) is 79.4 Å². The maximum atomic E-state index is 12.9. The summed E-state index contributed by atoms with van der Waals surface area (Å²) in [6, 6.07) is 8.32. The van der Waals surface area contributed by atoms with Crippen molar-refractivity contribution >= 4 is 21.4 Å². The van der Waals surface area contributed by atoms with Crippen molar-refractivity contribution in [2.24, 2.45) is 5.92 Å². The highest BCUT2D eigenvalue weighted by atomic mass is 32.2. The van der Waals surface area contributed by atoms with E-state index in [1.165, 1.54) is 22.3 Å². The van der Waals surface area contributed by atoms with Crippen LogP contribution in [-0.2, 0) is 33.9 Å². The van der Waals surface area contributed by atoms with Crippen LogP contribution < -0.4 is 5.32 Å². The number of nitrogens with zero attached hydrogens (tertiary/aromatic N) is 2. The fourth-order valence-electron chi connectivity index (χ4n) is 5.28. The van der Waals surface area contributed by atoms with E-state index in [9.17, 15) is 13.2 Å². The summed E-state index contributed by atoms with van der Waals surface area (Å²) >= 11 is 0. The number of aryl methyl sites for hydroxylation is 1. The Bertz CT molecular complexity index is 1160. The van der Waals surface area contributed by atoms with Gasteiger partial charge >= 0.3 is 0 Å². The van der Waals surface area contributed by atoms with Crippen molar-refractivity contribution in [3.05, 3.63) is 71.1 Å². The molecule has 2 heterocycles. The number of benzene rings is 1. The molecular weight excluding hydrogens is 434 g/mol. The van der Waals surface area contributed by atoms with E-state index in [-0.39, 0.29) is 17.4 Å². The molecule has 0 spiro atoms. The second-order valence-electron chi connectivity index (χ2n) is 9.30. The van der Waals surface area contributed by atoms with Gasteiger partial charge in [0.25, 0.3) is 0 Å². The summed E-state index contributed by atoms with van der Waals surface area (Å²) in [6.45, 7) is 8.28. The predicted octanol–water partition coefficient (Wildman–Crippen LogP) is 3.65. The molecule has 1 aliphatic heterocycles. The molecule has 2 aliphatic rings. The Kier molecular flexibility index (Phi) is 6.61. The highest BCUT2D eigenvalue weighted by Crippen LogP contribution is 2.31. The summed E-state index contributed by atoms with van der Waals surface area (Å²) in [5, 5.41) is 3.61. The molecule has 1 amide bonds. The third-order valence-electron chi connectivity index (χ3n) is 7.06. The van der Waals surface area contributed by atoms with Crippen LogP contribution in [0.25, 0.3) is 0 Å². The Morgan fingerprint density at radius 1 is 1.30 bits per heavy atom. The van der Waals surface area contributed by atoms with Crippen LogP contribution in [0.2, 0.25) is 0 Å². The molecule has 2 unspecified atom stereocenters. The number of hydrogen-bond donors (Lipinski definition) is 1. The number of nitrogens with one attached hydrogen (secondary N) is 1. The standard InChI is InChI=1S/C26H33N3O3S/c1-5-22-17(3)7-8-18-13-21(14-23(18)22)28-20-9-10-24(27-15-20)25(6-2)29(4)26(30)19-11-12-33(31,32)16-19/h6-10,15,19,21,25,28H,2,5,11-14,16H2,1,3-4H3/t19?,21?,25-/m1/s1. The van der Waals surface area contributed by atoms with E-state index in [1.807, 2.05) is 12.1 Å². The zero-order valence-corrected chi connectivity index (χ0v) is 20.5. The number of sulfone groups is 1. The lowest BCUT2D eigenvalue weighted by Crippen LogP contribution is -2.36. The monoisotopic (exact) mass is 467 g/mol. The zero-order valence-electron chi connectivity index (χ0n) is 19.7. The lowest BCUT2D eigenvalue weighted by atomic mass is 9.97. The number of fused-ring (bicyclic) bond motifs is 1. The number of hydrogen-bond acceptors (Lipinski definition) is 5. The van der Waals surface area contributed by atoms with Crippen LogP contribution in [0, 0.1) is 12.8 Å². The van der Waals surface area contributed by atoms with Crippen LogP contribution in [-0.4, -0.2) is 48.8 Å². The van der Waals surface area contributed by atoms with Gasteiger partial charge in [-0.05, 0) is 67.0 Å². The van der Waals surface area contributed by atoms with E-state index in [1.54, 1.807) is 24.2 Å². The molecule has 1 saturated heterocycles.